The molecule has 0 fully saturated rings. The Kier molecular flexibility index (Phi) is 7.48. The SMILES string of the molecule is Cc1ccc([C@H](C)CN[C@H](C(=O)Nc2ccc(-c3cnn(C)c(=O)c3)cn2)c2ccccc2)cc1. The van der Waals surface area contributed by atoms with Gasteiger partial charge in [0.1, 0.15) is 11.9 Å². The van der Waals surface area contributed by atoms with E-state index in [9.17, 15) is 9.59 Å². The highest BCUT2D eigenvalue weighted by molar-refractivity contribution is 5.95. The molecule has 0 aliphatic carbocycles. The Bertz CT molecular complexity index is 1330. The number of amides is 1. The first-order chi connectivity index (χ1) is 16.9. The number of hydrogen-bond acceptors (Lipinski definition) is 5. The molecule has 2 atom stereocenters. The van der Waals surface area contributed by atoms with E-state index in [1.165, 1.54) is 21.9 Å². The van der Waals surface area contributed by atoms with E-state index in [0.29, 0.717) is 17.9 Å². The number of benzene rings is 2. The molecule has 2 aromatic carbocycles. The number of rotatable bonds is 8. The smallest absolute Gasteiger partial charge is 0.267 e. The summed E-state index contributed by atoms with van der Waals surface area (Å²) in [6.07, 6.45) is 3.23. The van der Waals surface area contributed by atoms with Crippen molar-refractivity contribution in [2.45, 2.75) is 25.8 Å². The van der Waals surface area contributed by atoms with E-state index in [-0.39, 0.29) is 17.4 Å². The van der Waals surface area contributed by atoms with Crippen LogP contribution in [0.1, 0.15) is 35.6 Å². The highest BCUT2D eigenvalue weighted by atomic mass is 16.2. The molecule has 35 heavy (non-hydrogen) atoms. The third-order valence-electron chi connectivity index (χ3n) is 5.99. The molecule has 1 amide bonds. The third-order valence-corrected chi connectivity index (χ3v) is 5.99. The Balaban J connectivity index is 1.47. The van der Waals surface area contributed by atoms with Crippen molar-refractivity contribution in [3.8, 4) is 11.1 Å². The molecule has 0 saturated heterocycles. The van der Waals surface area contributed by atoms with Crippen molar-refractivity contribution in [3.63, 3.8) is 0 Å². The van der Waals surface area contributed by atoms with Crippen LogP contribution in [0, 0.1) is 6.92 Å². The van der Waals surface area contributed by atoms with E-state index >= 15 is 0 Å². The molecule has 178 valence electrons. The van der Waals surface area contributed by atoms with E-state index in [1.54, 1.807) is 25.5 Å². The summed E-state index contributed by atoms with van der Waals surface area (Å²) in [4.78, 5) is 29.5. The van der Waals surface area contributed by atoms with Gasteiger partial charge in [-0.15, -0.1) is 0 Å². The minimum absolute atomic E-state index is 0.192. The molecule has 0 unspecified atom stereocenters. The van der Waals surface area contributed by atoms with Crippen LogP contribution in [0.25, 0.3) is 11.1 Å². The molecule has 0 spiro atoms. The summed E-state index contributed by atoms with van der Waals surface area (Å²) < 4.78 is 1.27. The van der Waals surface area contributed by atoms with Crippen molar-refractivity contribution in [2.75, 3.05) is 11.9 Å². The van der Waals surface area contributed by atoms with Gasteiger partial charge in [-0.3, -0.25) is 9.59 Å². The van der Waals surface area contributed by atoms with Crippen LogP contribution in [0.2, 0.25) is 0 Å². The maximum absolute atomic E-state index is 13.3. The average molecular weight is 468 g/mol. The van der Waals surface area contributed by atoms with Crippen LogP contribution >= 0.6 is 0 Å². The lowest BCUT2D eigenvalue weighted by Crippen LogP contribution is -2.35. The van der Waals surface area contributed by atoms with E-state index in [2.05, 4.69) is 58.8 Å². The Morgan fingerprint density at radius 1 is 0.943 bits per heavy atom. The second-order valence-electron chi connectivity index (χ2n) is 8.69. The van der Waals surface area contributed by atoms with Crippen LogP contribution in [0.4, 0.5) is 5.82 Å². The molecule has 0 saturated carbocycles. The molecule has 7 nitrogen and oxygen atoms in total. The van der Waals surface area contributed by atoms with Crippen LogP contribution < -0.4 is 16.2 Å². The predicted molar refractivity (Wildman–Crippen MR) is 138 cm³/mol. The number of nitrogens with one attached hydrogen (secondary N) is 2. The summed E-state index contributed by atoms with van der Waals surface area (Å²) in [6, 6.07) is 22.6. The number of hydrogen-bond donors (Lipinski definition) is 2. The molecule has 4 rings (SSSR count). The number of nitrogens with zero attached hydrogens (tertiary/aromatic N) is 3. The van der Waals surface area contributed by atoms with Crippen molar-refractivity contribution in [1.29, 1.82) is 0 Å². The van der Waals surface area contributed by atoms with Gasteiger partial charge in [0, 0.05) is 37.0 Å². The molecule has 0 aliphatic rings. The van der Waals surface area contributed by atoms with Crippen molar-refractivity contribution < 1.29 is 4.79 Å². The highest BCUT2D eigenvalue weighted by Gasteiger charge is 2.21. The van der Waals surface area contributed by atoms with Crippen molar-refractivity contribution in [3.05, 3.63) is 112 Å². The Morgan fingerprint density at radius 2 is 1.69 bits per heavy atom. The second-order valence-corrected chi connectivity index (χ2v) is 8.69. The minimum Gasteiger partial charge on any atom is -0.309 e. The maximum Gasteiger partial charge on any atom is 0.267 e. The van der Waals surface area contributed by atoms with Gasteiger partial charge < -0.3 is 10.6 Å². The van der Waals surface area contributed by atoms with Crippen molar-refractivity contribution in [2.24, 2.45) is 7.05 Å². The molecule has 0 radical (unpaired) electrons. The minimum atomic E-state index is -0.535. The first kappa shape index (κ1) is 24.0. The first-order valence-electron chi connectivity index (χ1n) is 11.6. The van der Waals surface area contributed by atoms with E-state index in [4.69, 9.17) is 0 Å². The number of pyridine rings is 1. The van der Waals surface area contributed by atoms with Crippen LogP contribution in [0.3, 0.4) is 0 Å². The summed E-state index contributed by atoms with van der Waals surface area (Å²) in [5.74, 6) is 0.479. The van der Waals surface area contributed by atoms with Gasteiger partial charge in [0.15, 0.2) is 0 Å². The number of carbonyl (C=O) groups is 1. The first-order valence-corrected chi connectivity index (χ1v) is 11.6. The van der Waals surface area contributed by atoms with Gasteiger partial charge in [-0.05, 0) is 36.1 Å². The third kappa shape index (κ3) is 6.07. The van der Waals surface area contributed by atoms with Crippen LogP contribution in [-0.4, -0.2) is 27.2 Å². The monoisotopic (exact) mass is 467 g/mol. The van der Waals surface area contributed by atoms with Gasteiger partial charge in [-0.25, -0.2) is 9.67 Å². The molecule has 2 N–H and O–H groups in total. The number of anilines is 1. The molecule has 2 heterocycles. The van der Waals surface area contributed by atoms with E-state index < -0.39 is 6.04 Å². The van der Waals surface area contributed by atoms with Crippen LogP contribution in [-0.2, 0) is 11.8 Å². The zero-order valence-corrected chi connectivity index (χ0v) is 20.1. The van der Waals surface area contributed by atoms with Gasteiger partial charge in [-0.2, -0.15) is 5.10 Å². The molecule has 0 bridgehead atoms. The number of aromatic nitrogens is 3. The van der Waals surface area contributed by atoms with Gasteiger partial charge in [0.2, 0.25) is 5.91 Å². The second kappa shape index (κ2) is 10.9. The lowest BCUT2D eigenvalue weighted by molar-refractivity contribution is -0.118. The Morgan fingerprint density at radius 3 is 2.34 bits per heavy atom. The average Bonchev–Trinajstić information content (AvgIpc) is 2.87. The van der Waals surface area contributed by atoms with Gasteiger partial charge in [0.25, 0.3) is 5.56 Å². The summed E-state index contributed by atoms with van der Waals surface area (Å²) in [6.45, 7) is 4.85. The van der Waals surface area contributed by atoms with Crippen molar-refractivity contribution in [1.82, 2.24) is 20.1 Å². The van der Waals surface area contributed by atoms with Crippen LogP contribution in [0.5, 0.6) is 0 Å². The molecular formula is C28H29N5O2. The highest BCUT2D eigenvalue weighted by Crippen LogP contribution is 2.21. The number of carbonyl (C=O) groups excluding carboxylic acids is 1. The van der Waals surface area contributed by atoms with E-state index in [0.717, 1.165) is 11.1 Å². The lowest BCUT2D eigenvalue weighted by Gasteiger charge is -2.21. The molecular weight excluding hydrogens is 438 g/mol. The summed E-state index contributed by atoms with van der Waals surface area (Å²) in [7, 11) is 1.60. The van der Waals surface area contributed by atoms with E-state index in [1.807, 2.05) is 36.4 Å². The molecule has 2 aromatic heterocycles. The molecule has 0 aliphatic heterocycles. The zero-order valence-electron chi connectivity index (χ0n) is 20.1. The normalized spacial score (nSPS) is 12.7. The lowest BCUT2D eigenvalue weighted by atomic mass is 9.98. The summed E-state index contributed by atoms with van der Waals surface area (Å²) >= 11 is 0. The fourth-order valence-corrected chi connectivity index (χ4v) is 3.78. The summed E-state index contributed by atoms with van der Waals surface area (Å²) in [5, 5.41) is 10.4. The Labute approximate surface area is 204 Å². The fourth-order valence-electron chi connectivity index (χ4n) is 3.78. The van der Waals surface area contributed by atoms with Crippen molar-refractivity contribution >= 4 is 11.7 Å². The Hall–Kier alpha value is -4.10. The van der Waals surface area contributed by atoms with Gasteiger partial charge in [0.05, 0.1) is 6.20 Å². The van der Waals surface area contributed by atoms with Gasteiger partial charge >= 0.3 is 0 Å². The quantitative estimate of drug-likeness (QED) is 0.405. The predicted octanol–water partition coefficient (Wildman–Crippen LogP) is 4.22. The largest absolute Gasteiger partial charge is 0.309 e. The topological polar surface area (TPSA) is 88.9 Å². The fraction of sp³-hybridized carbons (Fsp3) is 0.214. The standard InChI is InChI=1S/C28H29N5O2/c1-19-9-11-21(12-10-19)20(2)16-30-27(22-7-5-4-6-8-22)28(35)32-25-14-13-23(17-29-25)24-15-26(34)33(3)31-18-24/h4-15,17-18,20,27,30H,16H2,1-3H3,(H,29,32,35)/t20-,27+/m1/s1. The maximum atomic E-state index is 13.3. The molecule has 4 aromatic rings. The number of aryl methyl sites for hydroxylation is 2. The zero-order chi connectivity index (χ0) is 24.8. The summed E-state index contributed by atoms with van der Waals surface area (Å²) in [5.41, 5.74) is 4.54. The molecule has 7 heteroatoms. The van der Waals surface area contributed by atoms with Crippen LogP contribution in [0.15, 0.2) is 90.0 Å². The van der Waals surface area contributed by atoms with Gasteiger partial charge in [-0.1, -0.05) is 67.1 Å².